The molecule has 0 bridgehead atoms. The second-order valence-corrected chi connectivity index (χ2v) is 12.9. The van der Waals surface area contributed by atoms with Gasteiger partial charge in [0.15, 0.2) is 5.65 Å². The van der Waals surface area contributed by atoms with E-state index in [1.165, 1.54) is 7.11 Å². The lowest BCUT2D eigenvalue weighted by Gasteiger charge is -2.26. The molecule has 0 saturated carbocycles. The van der Waals surface area contributed by atoms with Crippen LogP contribution < -0.4 is 14.8 Å². The number of methoxy groups -OCH3 is 1. The van der Waals surface area contributed by atoms with Gasteiger partial charge in [-0.05, 0) is 43.7 Å². The Morgan fingerprint density at radius 2 is 1.98 bits per heavy atom. The first kappa shape index (κ1) is 31.4. The second kappa shape index (κ2) is 13.8. The van der Waals surface area contributed by atoms with Gasteiger partial charge in [0, 0.05) is 49.7 Å². The summed E-state index contributed by atoms with van der Waals surface area (Å²) in [6, 6.07) is 8.70. The minimum Gasteiger partial charge on any atom is -0.494 e. The van der Waals surface area contributed by atoms with E-state index in [2.05, 4.69) is 25.0 Å². The van der Waals surface area contributed by atoms with Crippen LogP contribution in [0.25, 0.3) is 33.5 Å². The summed E-state index contributed by atoms with van der Waals surface area (Å²) in [5.41, 5.74) is 4.20. The number of benzene rings is 1. The fourth-order valence-electron chi connectivity index (χ4n) is 5.53. The maximum Gasteiger partial charge on any atom is 0.232 e. The molecular weight excluding hydrogens is 610 g/mol. The molecule has 1 aromatic carbocycles. The number of carbonyl (C=O) groups excluding carboxylic acids is 1. The number of nitrogens with zero attached hydrogens (tertiary/aromatic N) is 7. The molecule has 46 heavy (non-hydrogen) atoms. The molecule has 2 N–H and O–H groups in total. The third kappa shape index (κ3) is 6.95. The number of carbonyl (C=O) groups is 1. The number of anilines is 1. The summed E-state index contributed by atoms with van der Waals surface area (Å²) in [5, 5.41) is 13.0. The topological polar surface area (TPSA) is 158 Å². The minimum atomic E-state index is -3.50. The molecule has 1 saturated heterocycles. The van der Waals surface area contributed by atoms with Crippen molar-refractivity contribution < 1.29 is 22.7 Å². The first-order valence-corrected chi connectivity index (χ1v) is 16.9. The van der Waals surface area contributed by atoms with E-state index in [-0.39, 0.29) is 18.1 Å². The smallest absolute Gasteiger partial charge is 0.232 e. The van der Waals surface area contributed by atoms with Crippen LogP contribution in [0.1, 0.15) is 25.5 Å². The predicted octanol–water partition coefficient (Wildman–Crippen LogP) is 2.67. The van der Waals surface area contributed by atoms with Crippen molar-refractivity contribution >= 4 is 38.2 Å². The third-order valence-electron chi connectivity index (χ3n) is 7.76. The van der Waals surface area contributed by atoms with E-state index in [0.717, 1.165) is 44.8 Å². The van der Waals surface area contributed by atoms with E-state index < -0.39 is 10.0 Å². The average Bonchev–Trinajstić information content (AvgIpc) is 3.65. The van der Waals surface area contributed by atoms with Crippen LogP contribution in [0.5, 0.6) is 5.75 Å². The molecule has 5 aromatic rings. The number of sulfonamides is 1. The summed E-state index contributed by atoms with van der Waals surface area (Å²) in [5.74, 6) is 0.265. The van der Waals surface area contributed by atoms with Crippen LogP contribution in [0.4, 0.5) is 5.69 Å². The fraction of sp³-hybridized carbons (Fsp3) is 0.387. The molecule has 0 radical (unpaired) electrons. The van der Waals surface area contributed by atoms with Gasteiger partial charge in [-0.3, -0.25) is 19.4 Å². The van der Waals surface area contributed by atoms with Crippen molar-refractivity contribution in [2.24, 2.45) is 0 Å². The summed E-state index contributed by atoms with van der Waals surface area (Å²) in [6.07, 6.45) is 8.31. The van der Waals surface area contributed by atoms with Crippen molar-refractivity contribution in [3.05, 3.63) is 60.8 Å². The van der Waals surface area contributed by atoms with Crippen molar-refractivity contribution in [3.8, 4) is 22.7 Å². The largest absolute Gasteiger partial charge is 0.494 e. The molecule has 1 fully saturated rings. The molecule has 1 amide bonds. The van der Waals surface area contributed by atoms with Crippen molar-refractivity contribution in [2.75, 3.05) is 57.0 Å². The molecule has 0 aliphatic carbocycles. The Morgan fingerprint density at radius 3 is 2.78 bits per heavy atom. The minimum absolute atomic E-state index is 0.00762. The van der Waals surface area contributed by atoms with Gasteiger partial charge in [-0.2, -0.15) is 10.2 Å². The normalized spacial score (nSPS) is 14.1. The van der Waals surface area contributed by atoms with Gasteiger partial charge in [-0.15, -0.1) is 0 Å². The number of amides is 1. The van der Waals surface area contributed by atoms with Gasteiger partial charge in [-0.1, -0.05) is 6.92 Å². The van der Waals surface area contributed by atoms with Gasteiger partial charge in [-0.25, -0.2) is 22.6 Å². The van der Waals surface area contributed by atoms with Crippen molar-refractivity contribution in [3.63, 3.8) is 0 Å². The maximum atomic E-state index is 13.1. The highest BCUT2D eigenvalue weighted by Gasteiger charge is 2.21. The lowest BCUT2D eigenvalue weighted by molar-refractivity contribution is -0.120. The van der Waals surface area contributed by atoms with Crippen LogP contribution in [0, 0.1) is 0 Å². The Balaban J connectivity index is 1.32. The van der Waals surface area contributed by atoms with Crippen LogP contribution in [0.3, 0.4) is 0 Å². The number of ether oxygens (including phenoxy) is 2. The molecular formula is C31H37N9O5S. The molecule has 1 aliphatic rings. The molecule has 5 heterocycles. The van der Waals surface area contributed by atoms with E-state index >= 15 is 0 Å². The first-order valence-electron chi connectivity index (χ1n) is 15.3. The predicted molar refractivity (Wildman–Crippen MR) is 174 cm³/mol. The monoisotopic (exact) mass is 647 g/mol. The van der Waals surface area contributed by atoms with E-state index in [1.54, 1.807) is 59.0 Å². The Bertz CT molecular complexity index is 1950. The highest BCUT2D eigenvalue weighted by molar-refractivity contribution is 7.92. The fourth-order valence-corrected chi connectivity index (χ4v) is 6.65. The maximum absolute atomic E-state index is 13.1. The van der Waals surface area contributed by atoms with E-state index in [4.69, 9.17) is 19.6 Å². The van der Waals surface area contributed by atoms with Crippen molar-refractivity contribution in [1.29, 1.82) is 0 Å². The summed E-state index contributed by atoms with van der Waals surface area (Å²) in [4.78, 5) is 24.6. The lowest BCUT2D eigenvalue weighted by atomic mass is 10.1. The molecule has 242 valence electrons. The molecule has 4 aromatic heterocycles. The zero-order chi connectivity index (χ0) is 32.1. The molecule has 1 aliphatic heterocycles. The number of aromatic nitrogens is 6. The van der Waals surface area contributed by atoms with Crippen LogP contribution in [-0.2, 0) is 26.0 Å². The highest BCUT2D eigenvalue weighted by atomic mass is 32.2. The number of fused-ring (bicyclic) bond motifs is 2. The number of morpholine rings is 1. The number of rotatable bonds is 13. The zero-order valence-electron chi connectivity index (χ0n) is 25.8. The summed E-state index contributed by atoms with van der Waals surface area (Å²) in [7, 11) is -1.99. The lowest BCUT2D eigenvalue weighted by Crippen LogP contribution is -2.38. The number of hydrogen-bond donors (Lipinski definition) is 2. The molecule has 0 atom stereocenters. The highest BCUT2D eigenvalue weighted by Crippen LogP contribution is 2.33. The summed E-state index contributed by atoms with van der Waals surface area (Å²) in [6.45, 7) is 6.57. The Labute approximate surface area is 266 Å². The van der Waals surface area contributed by atoms with Gasteiger partial charge >= 0.3 is 0 Å². The molecule has 15 heteroatoms. The second-order valence-electron chi connectivity index (χ2n) is 11.0. The molecule has 0 unspecified atom stereocenters. The average molecular weight is 648 g/mol. The van der Waals surface area contributed by atoms with Crippen LogP contribution in [0.15, 0.2) is 55.1 Å². The van der Waals surface area contributed by atoms with Gasteiger partial charge in [0.05, 0.1) is 66.8 Å². The number of hydrogen-bond acceptors (Lipinski definition) is 10. The van der Waals surface area contributed by atoms with Crippen LogP contribution >= 0.6 is 0 Å². The standard InChI is InChI=1S/C31H37N9O5S/c1-3-16-46(42,43)37-22-6-7-27(29(17-22)44-2)40-28-18-25(24-21-35-39-11-5-9-33-31(24)39)34-20-23(28)26(36-40)19-30(41)32-8-4-10-38-12-14-45-15-13-38/h5-7,9,11,17-18,20-21,37H,3-4,8,10,12-16,19H2,1-2H3,(H,32,41). The first-order chi connectivity index (χ1) is 22.3. The van der Waals surface area contributed by atoms with Crippen LogP contribution in [-0.4, -0.2) is 101 Å². The number of nitrogens with one attached hydrogen (secondary N) is 2. The Kier molecular flexibility index (Phi) is 9.42. The van der Waals surface area contributed by atoms with Crippen LogP contribution in [0.2, 0.25) is 0 Å². The summed E-state index contributed by atoms with van der Waals surface area (Å²) < 4.78 is 41.9. The van der Waals surface area contributed by atoms with E-state index in [9.17, 15) is 13.2 Å². The van der Waals surface area contributed by atoms with E-state index in [1.807, 2.05) is 12.3 Å². The SMILES string of the molecule is CCCS(=O)(=O)Nc1ccc(-n2nc(CC(=O)NCCCN3CCOCC3)c3cnc(-c4cnn5cccnc45)cc32)c(OC)c1. The number of pyridine rings is 1. The summed E-state index contributed by atoms with van der Waals surface area (Å²) >= 11 is 0. The van der Waals surface area contributed by atoms with E-state index in [0.29, 0.717) is 58.0 Å². The van der Waals surface area contributed by atoms with Gasteiger partial charge in [0.25, 0.3) is 0 Å². The Morgan fingerprint density at radius 1 is 1.13 bits per heavy atom. The zero-order valence-corrected chi connectivity index (χ0v) is 26.7. The quantitative estimate of drug-likeness (QED) is 0.182. The van der Waals surface area contributed by atoms with Crippen molar-refractivity contribution in [1.82, 2.24) is 39.6 Å². The van der Waals surface area contributed by atoms with Gasteiger partial charge < -0.3 is 14.8 Å². The van der Waals surface area contributed by atoms with Gasteiger partial charge in [0.1, 0.15) is 11.4 Å². The molecule has 6 rings (SSSR count). The third-order valence-corrected chi connectivity index (χ3v) is 9.25. The van der Waals surface area contributed by atoms with Gasteiger partial charge in [0.2, 0.25) is 15.9 Å². The molecule has 14 nitrogen and oxygen atoms in total. The van der Waals surface area contributed by atoms with Crippen molar-refractivity contribution in [2.45, 2.75) is 26.2 Å². The Hall–Kier alpha value is -4.60. The molecule has 0 spiro atoms.